The van der Waals surface area contributed by atoms with Gasteiger partial charge in [-0.3, -0.25) is 4.79 Å². The molecule has 0 bridgehead atoms. The van der Waals surface area contributed by atoms with Crippen molar-refractivity contribution in [3.63, 3.8) is 0 Å². The number of carbonyl (C=O) groups is 1. The van der Waals surface area contributed by atoms with Crippen molar-refractivity contribution in [3.05, 3.63) is 28.2 Å². The number of sulfonamides is 1. The zero-order valence-electron chi connectivity index (χ0n) is 11.1. The summed E-state index contributed by atoms with van der Waals surface area (Å²) in [6.45, 7) is 0. The lowest BCUT2D eigenvalue weighted by Gasteiger charge is -2.26. The Morgan fingerprint density at radius 2 is 1.81 bits per heavy atom. The Morgan fingerprint density at radius 3 is 2.33 bits per heavy atom. The fourth-order valence-corrected chi connectivity index (χ4v) is 4.51. The van der Waals surface area contributed by atoms with Gasteiger partial charge < -0.3 is 5.11 Å². The maximum Gasteiger partial charge on any atom is 0.306 e. The quantitative estimate of drug-likeness (QED) is 0.873. The molecule has 0 spiro atoms. The average Bonchev–Trinajstić information content (AvgIpc) is 2.38. The average molecular weight is 352 g/mol. The van der Waals surface area contributed by atoms with Gasteiger partial charge in [-0.2, -0.15) is 0 Å². The molecule has 8 heteroatoms. The third-order valence-corrected chi connectivity index (χ3v) is 5.82. The first-order chi connectivity index (χ1) is 9.79. The van der Waals surface area contributed by atoms with Crippen molar-refractivity contribution >= 4 is 39.2 Å². The highest BCUT2D eigenvalue weighted by atomic mass is 35.5. The molecule has 1 aromatic carbocycles. The van der Waals surface area contributed by atoms with E-state index in [-0.39, 0.29) is 21.9 Å². The second kappa shape index (κ2) is 6.52. The van der Waals surface area contributed by atoms with Crippen LogP contribution in [0.2, 0.25) is 10.0 Å². The van der Waals surface area contributed by atoms with E-state index >= 15 is 0 Å². The van der Waals surface area contributed by atoms with Crippen LogP contribution in [0.1, 0.15) is 25.7 Å². The topological polar surface area (TPSA) is 83.5 Å². The summed E-state index contributed by atoms with van der Waals surface area (Å²) in [6, 6.07) is 3.93. The number of hydrogen-bond acceptors (Lipinski definition) is 3. The van der Waals surface area contributed by atoms with Gasteiger partial charge in [-0.25, -0.2) is 13.1 Å². The van der Waals surface area contributed by atoms with E-state index in [0.29, 0.717) is 30.7 Å². The molecule has 1 fully saturated rings. The molecule has 0 aliphatic heterocycles. The van der Waals surface area contributed by atoms with E-state index in [9.17, 15) is 13.2 Å². The highest BCUT2D eigenvalue weighted by molar-refractivity contribution is 7.89. The number of aliphatic carboxylic acids is 1. The Bertz CT molecular complexity index is 640. The largest absolute Gasteiger partial charge is 0.481 e. The Kier molecular flexibility index (Phi) is 5.14. The third kappa shape index (κ3) is 4.10. The molecule has 1 aromatic rings. The van der Waals surface area contributed by atoms with Crippen molar-refractivity contribution in [1.29, 1.82) is 0 Å². The lowest BCUT2D eigenvalue weighted by Crippen LogP contribution is -2.38. The van der Waals surface area contributed by atoms with Crippen LogP contribution in [-0.2, 0) is 14.8 Å². The molecule has 0 amide bonds. The van der Waals surface area contributed by atoms with Crippen molar-refractivity contribution in [2.45, 2.75) is 36.6 Å². The molecule has 21 heavy (non-hydrogen) atoms. The predicted octanol–water partition coefficient (Wildman–Crippen LogP) is 2.92. The maximum atomic E-state index is 12.3. The van der Waals surface area contributed by atoms with E-state index in [1.54, 1.807) is 0 Å². The summed E-state index contributed by atoms with van der Waals surface area (Å²) >= 11 is 11.7. The van der Waals surface area contributed by atoms with Crippen molar-refractivity contribution in [2.24, 2.45) is 5.92 Å². The molecule has 1 saturated carbocycles. The van der Waals surface area contributed by atoms with E-state index in [4.69, 9.17) is 28.3 Å². The second-order valence-electron chi connectivity index (χ2n) is 5.08. The number of benzene rings is 1. The van der Waals surface area contributed by atoms with Crippen LogP contribution in [0.3, 0.4) is 0 Å². The fraction of sp³-hybridized carbons (Fsp3) is 0.462. The minimum Gasteiger partial charge on any atom is -0.481 e. The van der Waals surface area contributed by atoms with Crippen LogP contribution in [-0.4, -0.2) is 25.5 Å². The number of halogens is 2. The zero-order valence-corrected chi connectivity index (χ0v) is 13.4. The van der Waals surface area contributed by atoms with Crippen molar-refractivity contribution < 1.29 is 18.3 Å². The second-order valence-corrected chi connectivity index (χ2v) is 7.61. The van der Waals surface area contributed by atoms with Crippen LogP contribution in [0.25, 0.3) is 0 Å². The summed E-state index contributed by atoms with van der Waals surface area (Å²) in [5.74, 6) is -1.21. The van der Waals surface area contributed by atoms with Crippen LogP contribution in [0.4, 0.5) is 0 Å². The van der Waals surface area contributed by atoms with Gasteiger partial charge in [-0.1, -0.05) is 23.2 Å². The zero-order chi connectivity index (χ0) is 15.6. The van der Waals surface area contributed by atoms with Gasteiger partial charge in [0.25, 0.3) is 0 Å². The molecule has 2 rings (SSSR count). The first-order valence-electron chi connectivity index (χ1n) is 6.50. The molecule has 0 aromatic heterocycles. The summed E-state index contributed by atoms with van der Waals surface area (Å²) in [6.07, 6.45) is 1.94. The predicted molar refractivity (Wildman–Crippen MR) is 80.2 cm³/mol. The number of carboxylic acids is 1. The Labute approximate surface area is 133 Å². The monoisotopic (exact) mass is 351 g/mol. The Balaban J connectivity index is 2.07. The molecule has 116 valence electrons. The van der Waals surface area contributed by atoms with Crippen molar-refractivity contribution in [3.8, 4) is 0 Å². The number of nitrogens with one attached hydrogen (secondary N) is 1. The molecule has 1 aliphatic carbocycles. The van der Waals surface area contributed by atoms with Crippen LogP contribution in [0.15, 0.2) is 23.1 Å². The maximum absolute atomic E-state index is 12.3. The molecule has 1 aliphatic rings. The first kappa shape index (κ1) is 16.5. The Hall–Kier alpha value is -0.820. The molecular formula is C13H15Cl2NO4S. The number of carboxylic acid groups (broad SMARTS) is 1. The van der Waals surface area contributed by atoms with E-state index < -0.39 is 16.0 Å². The number of hydrogen-bond donors (Lipinski definition) is 2. The molecule has 5 nitrogen and oxygen atoms in total. The van der Waals surface area contributed by atoms with Crippen LogP contribution in [0.5, 0.6) is 0 Å². The van der Waals surface area contributed by atoms with Gasteiger partial charge in [0, 0.05) is 11.1 Å². The summed E-state index contributed by atoms with van der Waals surface area (Å²) in [4.78, 5) is 10.9. The lowest BCUT2D eigenvalue weighted by molar-refractivity contribution is -0.142. The molecule has 0 unspecified atom stereocenters. The first-order valence-corrected chi connectivity index (χ1v) is 8.73. The smallest absolute Gasteiger partial charge is 0.306 e. The highest BCUT2D eigenvalue weighted by Crippen LogP contribution is 2.28. The van der Waals surface area contributed by atoms with Crippen molar-refractivity contribution in [1.82, 2.24) is 4.72 Å². The Morgan fingerprint density at radius 1 is 1.19 bits per heavy atom. The number of rotatable bonds is 4. The van der Waals surface area contributed by atoms with E-state index in [1.165, 1.54) is 18.2 Å². The van der Waals surface area contributed by atoms with Gasteiger partial charge in [-0.05, 0) is 43.9 Å². The SMILES string of the molecule is O=C(O)C1CCC(NS(=O)(=O)c2ccc(Cl)cc2Cl)CC1. The lowest BCUT2D eigenvalue weighted by atomic mass is 9.87. The van der Waals surface area contributed by atoms with Crippen LogP contribution >= 0.6 is 23.2 Å². The molecule has 0 atom stereocenters. The minimum absolute atomic E-state index is 0.0195. The molecule has 0 saturated heterocycles. The van der Waals surface area contributed by atoms with Gasteiger partial charge in [0.15, 0.2) is 0 Å². The standard InChI is InChI=1S/C13H15Cl2NO4S/c14-9-3-6-12(11(15)7-9)21(19,20)16-10-4-1-8(2-5-10)13(17)18/h3,6-8,10,16H,1-2,4-5H2,(H,17,18). The summed E-state index contributed by atoms with van der Waals surface area (Å²) in [5.41, 5.74) is 0. The van der Waals surface area contributed by atoms with E-state index in [0.717, 1.165) is 0 Å². The van der Waals surface area contributed by atoms with Gasteiger partial charge in [0.2, 0.25) is 10.0 Å². The molecule has 0 radical (unpaired) electrons. The van der Waals surface area contributed by atoms with Crippen LogP contribution < -0.4 is 4.72 Å². The summed E-state index contributed by atoms with van der Waals surface area (Å²) < 4.78 is 27.2. The van der Waals surface area contributed by atoms with Gasteiger partial charge in [0.05, 0.1) is 10.9 Å². The third-order valence-electron chi connectivity index (χ3n) is 3.58. The molecular weight excluding hydrogens is 337 g/mol. The van der Waals surface area contributed by atoms with Gasteiger partial charge in [0.1, 0.15) is 4.90 Å². The minimum atomic E-state index is -3.73. The fourth-order valence-electron chi connectivity index (χ4n) is 2.43. The molecule has 2 N–H and O–H groups in total. The van der Waals surface area contributed by atoms with Crippen LogP contribution in [0, 0.1) is 5.92 Å². The molecule has 0 heterocycles. The normalized spacial score (nSPS) is 23.0. The van der Waals surface area contributed by atoms with E-state index in [1.807, 2.05) is 0 Å². The van der Waals surface area contributed by atoms with Crippen molar-refractivity contribution in [2.75, 3.05) is 0 Å². The van der Waals surface area contributed by atoms with Gasteiger partial charge in [-0.15, -0.1) is 0 Å². The van der Waals surface area contributed by atoms with Gasteiger partial charge >= 0.3 is 5.97 Å². The highest BCUT2D eigenvalue weighted by Gasteiger charge is 2.29. The summed E-state index contributed by atoms with van der Waals surface area (Å²) in [5, 5.41) is 9.35. The summed E-state index contributed by atoms with van der Waals surface area (Å²) in [7, 11) is -3.73. The van der Waals surface area contributed by atoms with E-state index in [2.05, 4.69) is 4.72 Å².